The average Bonchev–Trinajstić information content (AvgIpc) is 3.02. The third-order valence-electron chi connectivity index (χ3n) is 5.86. The van der Waals surface area contributed by atoms with Gasteiger partial charge in [-0.2, -0.15) is 0 Å². The number of amides is 2. The van der Waals surface area contributed by atoms with Gasteiger partial charge in [-0.25, -0.2) is 0 Å². The van der Waals surface area contributed by atoms with Crippen LogP contribution in [0.15, 0.2) is 18.2 Å². The summed E-state index contributed by atoms with van der Waals surface area (Å²) in [5.41, 5.74) is 2.80. The molecule has 0 aliphatic heterocycles. The molecule has 0 atom stereocenters. The molecule has 2 aromatic rings. The summed E-state index contributed by atoms with van der Waals surface area (Å²) < 4.78 is 7.76. The monoisotopic (exact) mass is 399 g/mol. The van der Waals surface area contributed by atoms with E-state index < -0.39 is 0 Å². The number of rotatable bonds is 7. The second-order valence-corrected chi connectivity index (χ2v) is 8.21. The Morgan fingerprint density at radius 3 is 2.48 bits per heavy atom. The molecule has 0 spiro atoms. The maximum absolute atomic E-state index is 13.1. The fourth-order valence-corrected chi connectivity index (χ4v) is 4.30. The first-order valence-corrected chi connectivity index (χ1v) is 10.7. The molecule has 1 aromatic carbocycles. The Bertz CT molecular complexity index is 879. The van der Waals surface area contributed by atoms with Crippen molar-refractivity contribution < 1.29 is 14.3 Å². The summed E-state index contributed by atoms with van der Waals surface area (Å²) in [6.45, 7) is 6.56. The topological polar surface area (TPSA) is 72.4 Å². The molecule has 3 rings (SSSR count). The minimum atomic E-state index is -0.103. The summed E-state index contributed by atoms with van der Waals surface area (Å²) in [5.74, 6) is 0.577. The number of fused-ring (bicyclic) bond motifs is 1. The molecule has 1 aliphatic carbocycles. The summed E-state index contributed by atoms with van der Waals surface area (Å²) >= 11 is 0. The highest BCUT2D eigenvalue weighted by atomic mass is 16.5. The first-order chi connectivity index (χ1) is 13.9. The minimum Gasteiger partial charge on any atom is -0.497 e. The van der Waals surface area contributed by atoms with Gasteiger partial charge in [0.05, 0.1) is 12.7 Å². The Kier molecular flexibility index (Phi) is 6.83. The van der Waals surface area contributed by atoms with E-state index >= 15 is 0 Å². The Balaban J connectivity index is 1.86. The number of hydrogen-bond donors (Lipinski definition) is 2. The molecule has 1 fully saturated rings. The number of nitrogens with one attached hydrogen (secondary N) is 2. The molecule has 6 nitrogen and oxygen atoms in total. The van der Waals surface area contributed by atoms with E-state index in [2.05, 4.69) is 21.3 Å². The zero-order chi connectivity index (χ0) is 21.0. The van der Waals surface area contributed by atoms with E-state index in [9.17, 15) is 9.59 Å². The predicted molar refractivity (Wildman–Crippen MR) is 116 cm³/mol. The number of carbonyl (C=O) groups is 2. The van der Waals surface area contributed by atoms with Crippen molar-refractivity contribution in [3.8, 4) is 5.75 Å². The van der Waals surface area contributed by atoms with Crippen LogP contribution in [0, 0.1) is 12.8 Å². The fourth-order valence-electron chi connectivity index (χ4n) is 4.30. The van der Waals surface area contributed by atoms with Gasteiger partial charge in [0.15, 0.2) is 0 Å². The molecule has 0 saturated heterocycles. The molecule has 2 N–H and O–H groups in total. The number of ether oxygens (including phenoxy) is 1. The molecule has 0 bridgehead atoms. The van der Waals surface area contributed by atoms with Gasteiger partial charge in [-0.15, -0.1) is 0 Å². The van der Waals surface area contributed by atoms with Crippen LogP contribution < -0.4 is 15.4 Å². The largest absolute Gasteiger partial charge is 0.497 e. The normalized spacial score (nSPS) is 14.9. The highest BCUT2D eigenvalue weighted by Crippen LogP contribution is 2.37. The molecule has 158 valence electrons. The zero-order valence-corrected chi connectivity index (χ0v) is 18.0. The summed E-state index contributed by atoms with van der Waals surface area (Å²) in [6, 6.07) is 6.42. The van der Waals surface area contributed by atoms with E-state index in [1.54, 1.807) is 7.11 Å². The van der Waals surface area contributed by atoms with E-state index in [-0.39, 0.29) is 17.7 Å². The summed E-state index contributed by atoms with van der Waals surface area (Å²) in [7, 11) is 1.64. The first kappa shape index (κ1) is 21.2. The molecular weight excluding hydrogens is 366 g/mol. The van der Waals surface area contributed by atoms with Crippen LogP contribution in [-0.2, 0) is 4.79 Å². The Labute approximate surface area is 173 Å². The van der Waals surface area contributed by atoms with Gasteiger partial charge in [-0.3, -0.25) is 9.59 Å². The van der Waals surface area contributed by atoms with Gasteiger partial charge in [-0.1, -0.05) is 33.1 Å². The number of benzene rings is 1. The van der Waals surface area contributed by atoms with Crippen LogP contribution in [0.3, 0.4) is 0 Å². The third-order valence-corrected chi connectivity index (χ3v) is 5.86. The van der Waals surface area contributed by atoms with Crippen LogP contribution in [0.1, 0.15) is 68.0 Å². The smallest absolute Gasteiger partial charge is 0.253 e. The standard InChI is InChI=1S/C23H33N3O3/c1-15(2)22(27)24-12-13-25-23(28)21-16(3)26(17-8-6-5-7-9-17)20-11-10-18(29-4)14-19(20)21/h10-11,14-15,17H,5-9,12-13H2,1-4H3,(H,24,27)(H,25,28). The van der Waals surface area contributed by atoms with Crippen LogP contribution in [-0.4, -0.2) is 36.6 Å². The van der Waals surface area contributed by atoms with Crippen LogP contribution in [0.25, 0.3) is 10.9 Å². The van der Waals surface area contributed by atoms with E-state index in [0.29, 0.717) is 24.7 Å². The van der Waals surface area contributed by atoms with E-state index in [0.717, 1.165) is 35.2 Å². The molecule has 1 aromatic heterocycles. The second-order valence-electron chi connectivity index (χ2n) is 8.21. The lowest BCUT2D eigenvalue weighted by Gasteiger charge is -2.26. The molecular formula is C23H33N3O3. The Morgan fingerprint density at radius 1 is 1.14 bits per heavy atom. The maximum Gasteiger partial charge on any atom is 0.253 e. The fraction of sp³-hybridized carbons (Fsp3) is 0.565. The van der Waals surface area contributed by atoms with Crippen molar-refractivity contribution in [2.45, 2.75) is 58.9 Å². The third kappa shape index (κ3) is 4.57. The molecule has 6 heteroatoms. The summed E-state index contributed by atoms with van der Waals surface area (Å²) in [5, 5.41) is 6.74. The summed E-state index contributed by atoms with van der Waals surface area (Å²) in [6.07, 6.45) is 6.06. The SMILES string of the molecule is COc1ccc2c(c1)c(C(=O)NCCNC(=O)C(C)C)c(C)n2C1CCCCC1. The van der Waals surface area contributed by atoms with Gasteiger partial charge < -0.3 is 19.9 Å². The van der Waals surface area contributed by atoms with Gasteiger partial charge in [0.2, 0.25) is 5.91 Å². The number of carbonyl (C=O) groups excluding carboxylic acids is 2. The molecule has 1 saturated carbocycles. The summed E-state index contributed by atoms with van der Waals surface area (Å²) in [4.78, 5) is 24.8. The van der Waals surface area contributed by atoms with Gasteiger partial charge in [-0.05, 0) is 38.0 Å². The van der Waals surface area contributed by atoms with Crippen LogP contribution >= 0.6 is 0 Å². The van der Waals surface area contributed by atoms with Crippen LogP contribution in [0.2, 0.25) is 0 Å². The molecule has 0 unspecified atom stereocenters. The van der Waals surface area contributed by atoms with Gasteiger partial charge in [0.25, 0.3) is 5.91 Å². The van der Waals surface area contributed by atoms with Crippen molar-refractivity contribution in [2.24, 2.45) is 5.92 Å². The van der Waals surface area contributed by atoms with Crippen molar-refractivity contribution in [1.82, 2.24) is 15.2 Å². The quantitative estimate of drug-likeness (QED) is 0.692. The van der Waals surface area contributed by atoms with Crippen LogP contribution in [0.4, 0.5) is 0 Å². The highest BCUT2D eigenvalue weighted by Gasteiger charge is 2.25. The Hall–Kier alpha value is -2.50. The van der Waals surface area contributed by atoms with E-state index in [4.69, 9.17) is 4.74 Å². The predicted octanol–water partition coefficient (Wildman–Crippen LogP) is 3.97. The Morgan fingerprint density at radius 2 is 1.83 bits per heavy atom. The molecule has 2 amide bonds. The lowest BCUT2D eigenvalue weighted by molar-refractivity contribution is -0.123. The van der Waals surface area contributed by atoms with Gasteiger partial charge in [0, 0.05) is 41.6 Å². The van der Waals surface area contributed by atoms with Gasteiger partial charge >= 0.3 is 0 Å². The van der Waals surface area contributed by atoms with E-state index in [1.807, 2.05) is 32.9 Å². The number of aromatic nitrogens is 1. The second kappa shape index (κ2) is 9.33. The van der Waals surface area contributed by atoms with Crippen LogP contribution in [0.5, 0.6) is 5.75 Å². The minimum absolute atomic E-state index is 0.00549. The molecule has 1 heterocycles. The van der Waals surface area contributed by atoms with Crippen molar-refractivity contribution in [3.63, 3.8) is 0 Å². The van der Waals surface area contributed by atoms with Crippen molar-refractivity contribution >= 4 is 22.7 Å². The zero-order valence-electron chi connectivity index (χ0n) is 18.0. The first-order valence-electron chi connectivity index (χ1n) is 10.7. The average molecular weight is 400 g/mol. The molecule has 0 radical (unpaired) electrons. The molecule has 29 heavy (non-hydrogen) atoms. The van der Waals surface area contributed by atoms with E-state index in [1.165, 1.54) is 19.3 Å². The maximum atomic E-state index is 13.1. The lowest BCUT2D eigenvalue weighted by atomic mass is 9.95. The van der Waals surface area contributed by atoms with Crippen molar-refractivity contribution in [3.05, 3.63) is 29.5 Å². The highest BCUT2D eigenvalue weighted by molar-refractivity contribution is 6.08. The van der Waals surface area contributed by atoms with Crippen molar-refractivity contribution in [2.75, 3.05) is 20.2 Å². The van der Waals surface area contributed by atoms with Crippen molar-refractivity contribution in [1.29, 1.82) is 0 Å². The molecule has 1 aliphatic rings. The number of nitrogens with zero attached hydrogens (tertiary/aromatic N) is 1. The lowest BCUT2D eigenvalue weighted by Crippen LogP contribution is -2.36. The number of methoxy groups -OCH3 is 1. The number of hydrogen-bond acceptors (Lipinski definition) is 3. The van der Waals surface area contributed by atoms with Gasteiger partial charge in [0.1, 0.15) is 5.75 Å².